The van der Waals surface area contributed by atoms with Gasteiger partial charge in [0.1, 0.15) is 23.9 Å². The highest BCUT2D eigenvalue weighted by molar-refractivity contribution is 5.89. The Labute approximate surface area is 193 Å². The second-order valence-electron chi connectivity index (χ2n) is 8.12. The third-order valence-electron chi connectivity index (χ3n) is 5.98. The van der Waals surface area contributed by atoms with Gasteiger partial charge in [0.2, 0.25) is 11.9 Å². The number of alkyl halides is 2. The highest BCUT2D eigenvalue weighted by Crippen LogP contribution is 2.30. The van der Waals surface area contributed by atoms with Gasteiger partial charge in [-0.05, 0) is 24.6 Å². The molecule has 5 heterocycles. The highest BCUT2D eigenvalue weighted by atomic mass is 19.1. The largest absolute Gasteiger partial charge is 0.371 e. The Morgan fingerprint density at radius 2 is 2.12 bits per heavy atom. The van der Waals surface area contributed by atoms with Crippen LogP contribution in [0.5, 0.6) is 0 Å². The number of hydrogen-bond donors (Lipinski definition) is 2. The van der Waals surface area contributed by atoms with Gasteiger partial charge in [-0.1, -0.05) is 5.21 Å². The summed E-state index contributed by atoms with van der Waals surface area (Å²) in [6, 6.07) is 4.96. The summed E-state index contributed by atoms with van der Waals surface area (Å²) in [4.78, 5) is 22.2. The number of carbonyl (C=O) groups excluding carboxylic acids is 1. The third-order valence-corrected chi connectivity index (χ3v) is 5.98. The van der Waals surface area contributed by atoms with Crippen molar-refractivity contribution in [2.75, 3.05) is 37.4 Å². The van der Waals surface area contributed by atoms with Gasteiger partial charge < -0.3 is 15.5 Å². The summed E-state index contributed by atoms with van der Waals surface area (Å²) in [5.41, 5.74) is 3.16. The standard InChI is InChI=1S/C21H24F2N10O/c1-12(34)31-8-6-16(14(23)11-31)26-21-27-19(24-2)18-13(5-9-32(18)29-21)15-3-4-17-20(25-15)33(10-7-22)30-28-17/h3-5,9,14,16H,6-8,10-11H2,1-2H3,(H2,24,26,27,29)/t14-,16+/m1/s1. The number of aromatic nitrogens is 7. The topological polar surface area (TPSA) is 118 Å². The number of pyridine rings is 1. The van der Waals surface area contributed by atoms with Crippen LogP contribution in [-0.4, -0.2) is 84.4 Å². The molecule has 1 aliphatic rings. The maximum atomic E-state index is 14.7. The molecule has 0 aromatic carbocycles. The van der Waals surface area contributed by atoms with Crippen molar-refractivity contribution < 1.29 is 13.6 Å². The predicted octanol–water partition coefficient (Wildman–Crippen LogP) is 1.92. The van der Waals surface area contributed by atoms with Crippen molar-refractivity contribution in [1.29, 1.82) is 0 Å². The minimum atomic E-state index is -1.23. The Hall–Kier alpha value is -3.90. The molecular weight excluding hydrogens is 446 g/mol. The number of piperidine rings is 1. The van der Waals surface area contributed by atoms with E-state index >= 15 is 0 Å². The molecule has 34 heavy (non-hydrogen) atoms. The lowest BCUT2D eigenvalue weighted by Gasteiger charge is -2.34. The van der Waals surface area contributed by atoms with Gasteiger partial charge in [-0.2, -0.15) is 4.98 Å². The van der Waals surface area contributed by atoms with E-state index < -0.39 is 18.9 Å². The van der Waals surface area contributed by atoms with E-state index in [2.05, 4.69) is 36.0 Å². The quantitative estimate of drug-likeness (QED) is 0.439. The van der Waals surface area contributed by atoms with Crippen molar-refractivity contribution >= 4 is 34.4 Å². The molecule has 0 aliphatic carbocycles. The summed E-state index contributed by atoms with van der Waals surface area (Å²) in [6.45, 7) is 1.47. The maximum Gasteiger partial charge on any atom is 0.243 e. The molecule has 11 nitrogen and oxygen atoms in total. The van der Waals surface area contributed by atoms with Crippen LogP contribution in [0.25, 0.3) is 27.9 Å². The highest BCUT2D eigenvalue weighted by Gasteiger charge is 2.31. The zero-order valence-electron chi connectivity index (χ0n) is 18.7. The molecule has 13 heteroatoms. The number of nitrogens with zero attached hydrogens (tertiary/aromatic N) is 8. The molecule has 0 unspecified atom stereocenters. The van der Waals surface area contributed by atoms with Crippen LogP contribution in [-0.2, 0) is 11.3 Å². The molecule has 4 aromatic rings. The van der Waals surface area contributed by atoms with Gasteiger partial charge in [0, 0.05) is 32.3 Å². The number of hydrogen-bond acceptors (Lipinski definition) is 8. The van der Waals surface area contributed by atoms with Crippen LogP contribution in [0.1, 0.15) is 13.3 Å². The Morgan fingerprint density at radius 3 is 2.85 bits per heavy atom. The molecule has 4 aromatic heterocycles. The number of amides is 1. The molecule has 0 spiro atoms. The summed E-state index contributed by atoms with van der Waals surface area (Å²) in [6.07, 6.45) is 0.999. The lowest BCUT2D eigenvalue weighted by Crippen LogP contribution is -2.49. The van der Waals surface area contributed by atoms with Gasteiger partial charge >= 0.3 is 0 Å². The number of halogens is 2. The second kappa shape index (κ2) is 8.80. The maximum absolute atomic E-state index is 14.7. The lowest BCUT2D eigenvalue weighted by atomic mass is 10.0. The van der Waals surface area contributed by atoms with Crippen molar-refractivity contribution in [2.45, 2.75) is 32.1 Å². The molecule has 1 aliphatic heterocycles. The Bertz CT molecular complexity index is 1350. The van der Waals surface area contributed by atoms with Gasteiger partial charge in [0.15, 0.2) is 11.5 Å². The lowest BCUT2D eigenvalue weighted by molar-refractivity contribution is -0.131. The van der Waals surface area contributed by atoms with Crippen LogP contribution in [0.3, 0.4) is 0 Å². The van der Waals surface area contributed by atoms with Crippen LogP contribution < -0.4 is 10.6 Å². The predicted molar refractivity (Wildman–Crippen MR) is 122 cm³/mol. The normalized spacial score (nSPS) is 18.5. The molecular formula is C21H24F2N10O. The Kier molecular flexibility index (Phi) is 5.67. The third kappa shape index (κ3) is 3.86. The second-order valence-corrected chi connectivity index (χ2v) is 8.12. The van der Waals surface area contributed by atoms with E-state index in [0.717, 1.165) is 5.56 Å². The van der Waals surface area contributed by atoms with Crippen LogP contribution in [0, 0.1) is 0 Å². The number of nitrogens with one attached hydrogen (secondary N) is 2. The van der Waals surface area contributed by atoms with Gasteiger partial charge in [0.05, 0.1) is 24.8 Å². The van der Waals surface area contributed by atoms with Crippen molar-refractivity contribution in [3.05, 3.63) is 24.4 Å². The summed E-state index contributed by atoms with van der Waals surface area (Å²) in [5, 5.41) is 18.6. The van der Waals surface area contributed by atoms with E-state index in [1.54, 1.807) is 23.8 Å². The first-order valence-corrected chi connectivity index (χ1v) is 11.0. The monoisotopic (exact) mass is 470 g/mol. The molecule has 2 N–H and O–H groups in total. The molecule has 2 atom stereocenters. The Morgan fingerprint density at radius 1 is 1.26 bits per heavy atom. The van der Waals surface area contributed by atoms with Gasteiger partial charge in [0.25, 0.3) is 0 Å². The Balaban J connectivity index is 1.47. The fraction of sp³-hybridized carbons (Fsp3) is 0.429. The molecule has 0 bridgehead atoms. The molecule has 1 saturated heterocycles. The number of aryl methyl sites for hydroxylation is 1. The molecule has 0 radical (unpaired) electrons. The number of anilines is 2. The van der Waals surface area contributed by atoms with Crippen molar-refractivity contribution in [3.63, 3.8) is 0 Å². The summed E-state index contributed by atoms with van der Waals surface area (Å²) in [5.74, 6) is 0.675. The summed E-state index contributed by atoms with van der Waals surface area (Å²) < 4.78 is 30.6. The number of fused-ring (bicyclic) bond motifs is 2. The molecule has 5 rings (SSSR count). The fourth-order valence-electron chi connectivity index (χ4n) is 4.22. The zero-order chi connectivity index (χ0) is 23.8. The van der Waals surface area contributed by atoms with E-state index in [0.29, 0.717) is 41.2 Å². The first-order valence-electron chi connectivity index (χ1n) is 11.0. The van der Waals surface area contributed by atoms with Gasteiger partial charge in [-0.15, -0.1) is 10.2 Å². The van der Waals surface area contributed by atoms with Crippen LogP contribution in [0.4, 0.5) is 20.5 Å². The van der Waals surface area contributed by atoms with E-state index in [4.69, 9.17) is 0 Å². The van der Waals surface area contributed by atoms with E-state index in [1.165, 1.54) is 16.5 Å². The van der Waals surface area contributed by atoms with E-state index in [1.807, 2.05) is 12.1 Å². The first-order chi connectivity index (χ1) is 16.5. The SMILES string of the molecule is CNc1nc(N[C@H]2CCN(C(C)=O)C[C@H]2F)nn2ccc(-c3ccc4nnn(CCF)c4n3)c12. The van der Waals surface area contributed by atoms with Crippen LogP contribution in [0.2, 0.25) is 0 Å². The minimum Gasteiger partial charge on any atom is -0.371 e. The van der Waals surface area contributed by atoms with Crippen LogP contribution in [0.15, 0.2) is 24.4 Å². The van der Waals surface area contributed by atoms with Gasteiger partial charge in [-0.25, -0.2) is 23.0 Å². The molecule has 0 saturated carbocycles. The van der Waals surface area contributed by atoms with Crippen LogP contribution >= 0.6 is 0 Å². The number of rotatable bonds is 6. The van der Waals surface area contributed by atoms with E-state index in [9.17, 15) is 13.6 Å². The molecule has 1 fully saturated rings. The number of likely N-dealkylation sites (tertiary alicyclic amines) is 1. The number of carbonyl (C=O) groups is 1. The zero-order valence-corrected chi connectivity index (χ0v) is 18.7. The fourth-order valence-corrected chi connectivity index (χ4v) is 4.22. The average Bonchev–Trinajstić information content (AvgIpc) is 3.44. The van der Waals surface area contributed by atoms with Crippen molar-refractivity contribution in [2.24, 2.45) is 0 Å². The van der Waals surface area contributed by atoms with E-state index in [-0.39, 0.29) is 24.9 Å². The molecule has 178 valence electrons. The minimum absolute atomic E-state index is 0.0454. The van der Waals surface area contributed by atoms with Gasteiger partial charge in [-0.3, -0.25) is 4.79 Å². The van der Waals surface area contributed by atoms with Crippen molar-refractivity contribution in [3.8, 4) is 11.3 Å². The molecule has 1 amide bonds. The summed E-state index contributed by atoms with van der Waals surface area (Å²) >= 11 is 0. The summed E-state index contributed by atoms with van der Waals surface area (Å²) in [7, 11) is 1.74. The van der Waals surface area contributed by atoms with Crippen molar-refractivity contribution in [1.82, 2.24) is 39.5 Å². The smallest absolute Gasteiger partial charge is 0.243 e. The average molecular weight is 470 g/mol. The first kappa shape index (κ1) is 21.9.